The smallest absolute Gasteiger partial charge is 0.335 e. The van der Waals surface area contributed by atoms with E-state index in [0.717, 1.165) is 37.4 Å². The molecule has 21 heavy (non-hydrogen) atoms. The van der Waals surface area contributed by atoms with Crippen LogP contribution >= 0.6 is 0 Å². The molecule has 0 spiro atoms. The number of carbonyl (C=O) groups is 1. The third-order valence-corrected chi connectivity index (χ3v) is 3.68. The van der Waals surface area contributed by atoms with Crippen LogP contribution in [0.25, 0.3) is 0 Å². The number of ether oxygens (including phenoxy) is 1. The average Bonchev–Trinajstić information content (AvgIpc) is 2.52. The number of hydrogen-bond acceptors (Lipinski definition) is 5. The van der Waals surface area contributed by atoms with Crippen LogP contribution in [0, 0.1) is 0 Å². The highest BCUT2D eigenvalue weighted by Crippen LogP contribution is 2.21. The maximum Gasteiger partial charge on any atom is 0.335 e. The van der Waals surface area contributed by atoms with Crippen molar-refractivity contribution < 1.29 is 19.7 Å². The van der Waals surface area contributed by atoms with E-state index >= 15 is 0 Å². The first-order valence-electron chi connectivity index (χ1n) is 7.35. The Hall–Kier alpha value is -1.66. The molecule has 2 N–H and O–H groups in total. The number of aryl methyl sites for hydroxylation is 1. The normalized spacial score (nSPS) is 16.2. The third kappa shape index (κ3) is 4.15. The largest absolute Gasteiger partial charge is 0.478 e. The number of aromatic nitrogens is 1. The van der Waals surface area contributed by atoms with Crippen molar-refractivity contribution >= 4 is 11.8 Å². The second-order valence-electron chi connectivity index (χ2n) is 5.14. The van der Waals surface area contributed by atoms with E-state index in [-0.39, 0.29) is 18.3 Å². The number of carboxylic acid groups (broad SMARTS) is 1. The Morgan fingerprint density at radius 2 is 2.14 bits per heavy atom. The number of nitrogens with zero attached hydrogens (tertiary/aromatic N) is 2. The molecule has 0 saturated carbocycles. The second-order valence-corrected chi connectivity index (χ2v) is 5.14. The minimum atomic E-state index is -0.922. The van der Waals surface area contributed by atoms with Crippen molar-refractivity contribution in [2.45, 2.75) is 32.3 Å². The Kier molecular flexibility index (Phi) is 5.52. The van der Waals surface area contributed by atoms with Crippen molar-refractivity contribution in [3.63, 3.8) is 0 Å². The Labute approximate surface area is 124 Å². The monoisotopic (exact) mass is 294 g/mol. The molecule has 2 rings (SSSR count). The first-order chi connectivity index (χ1) is 10.1. The average molecular weight is 294 g/mol. The first kappa shape index (κ1) is 15.7. The molecular weight excluding hydrogens is 272 g/mol. The van der Waals surface area contributed by atoms with Gasteiger partial charge in [0.15, 0.2) is 0 Å². The number of carboxylic acids is 1. The van der Waals surface area contributed by atoms with Crippen molar-refractivity contribution in [3.05, 3.63) is 23.4 Å². The van der Waals surface area contributed by atoms with E-state index in [0.29, 0.717) is 13.0 Å². The molecule has 0 bridgehead atoms. The predicted octanol–water partition coefficient (Wildman–Crippen LogP) is 1.32. The van der Waals surface area contributed by atoms with Gasteiger partial charge in [-0.25, -0.2) is 9.78 Å². The number of aliphatic hydroxyl groups excluding tert-OH is 1. The molecule has 0 radical (unpaired) electrons. The van der Waals surface area contributed by atoms with Gasteiger partial charge in [-0.15, -0.1) is 0 Å². The molecule has 0 atom stereocenters. The van der Waals surface area contributed by atoms with Gasteiger partial charge in [-0.2, -0.15) is 0 Å². The van der Waals surface area contributed by atoms with Crippen LogP contribution in [0.2, 0.25) is 0 Å². The number of anilines is 1. The van der Waals surface area contributed by atoms with Crippen molar-refractivity contribution in [1.29, 1.82) is 0 Å². The Balaban J connectivity index is 2.05. The molecule has 1 fully saturated rings. The maximum absolute atomic E-state index is 11.2. The Morgan fingerprint density at radius 3 is 2.71 bits per heavy atom. The van der Waals surface area contributed by atoms with Gasteiger partial charge in [0.2, 0.25) is 0 Å². The number of piperidine rings is 1. The minimum absolute atomic E-state index is 0.0439. The number of aliphatic hydroxyl groups is 1. The summed E-state index contributed by atoms with van der Waals surface area (Å²) in [5.74, 6) is -0.193. The van der Waals surface area contributed by atoms with Gasteiger partial charge in [-0.3, -0.25) is 0 Å². The van der Waals surface area contributed by atoms with Crippen molar-refractivity contribution in [2.24, 2.45) is 0 Å². The van der Waals surface area contributed by atoms with E-state index in [4.69, 9.17) is 9.84 Å². The molecule has 1 aliphatic rings. The van der Waals surface area contributed by atoms with Gasteiger partial charge in [0.05, 0.1) is 24.9 Å². The Morgan fingerprint density at radius 1 is 1.43 bits per heavy atom. The number of rotatable bonds is 6. The van der Waals surface area contributed by atoms with Crippen LogP contribution in [0.5, 0.6) is 0 Å². The lowest BCUT2D eigenvalue weighted by atomic mass is 10.1. The van der Waals surface area contributed by atoms with Crippen LogP contribution in [0.1, 0.15) is 35.8 Å². The highest BCUT2D eigenvalue weighted by Gasteiger charge is 2.21. The Bertz CT molecular complexity index is 485. The molecular formula is C15H22N2O4. The van der Waals surface area contributed by atoms with E-state index in [1.165, 1.54) is 0 Å². The van der Waals surface area contributed by atoms with Gasteiger partial charge < -0.3 is 19.8 Å². The molecule has 6 heteroatoms. The summed E-state index contributed by atoms with van der Waals surface area (Å²) in [6, 6.07) is 3.26. The second kappa shape index (κ2) is 7.38. The standard InChI is InChI=1S/C15H22N2O4/c1-2-12-9-11(15(19)20)10-14(16-12)17-5-3-13(4-6-17)21-8-7-18/h9-10,13,18H,2-8H2,1H3,(H,19,20). The summed E-state index contributed by atoms with van der Waals surface area (Å²) in [4.78, 5) is 17.8. The molecule has 0 unspecified atom stereocenters. The summed E-state index contributed by atoms with van der Waals surface area (Å²) < 4.78 is 5.53. The number of aromatic carboxylic acids is 1. The summed E-state index contributed by atoms with van der Waals surface area (Å²) in [6.45, 7) is 3.96. The molecule has 0 amide bonds. The molecule has 0 aromatic carbocycles. The third-order valence-electron chi connectivity index (χ3n) is 3.68. The highest BCUT2D eigenvalue weighted by molar-refractivity contribution is 5.88. The summed E-state index contributed by atoms with van der Waals surface area (Å²) in [5, 5.41) is 17.9. The van der Waals surface area contributed by atoms with E-state index in [9.17, 15) is 9.90 Å². The van der Waals surface area contributed by atoms with Crippen molar-refractivity contribution in [3.8, 4) is 0 Å². The molecule has 1 saturated heterocycles. The van der Waals surface area contributed by atoms with Crippen molar-refractivity contribution in [2.75, 3.05) is 31.2 Å². The SMILES string of the molecule is CCc1cc(C(=O)O)cc(N2CCC(OCCO)CC2)n1. The maximum atomic E-state index is 11.2. The number of hydrogen-bond donors (Lipinski definition) is 2. The fourth-order valence-electron chi connectivity index (χ4n) is 2.51. The van der Waals surface area contributed by atoms with Gasteiger partial charge in [0.1, 0.15) is 5.82 Å². The lowest BCUT2D eigenvalue weighted by molar-refractivity contribution is 0.0158. The summed E-state index contributed by atoms with van der Waals surface area (Å²) in [6.07, 6.45) is 2.60. The molecule has 116 valence electrons. The molecule has 1 aliphatic heterocycles. The van der Waals surface area contributed by atoms with Gasteiger partial charge in [-0.05, 0) is 31.4 Å². The summed E-state index contributed by atoms with van der Waals surface area (Å²) in [5.41, 5.74) is 1.08. The molecule has 0 aliphatic carbocycles. The zero-order chi connectivity index (χ0) is 15.2. The lowest BCUT2D eigenvalue weighted by Crippen LogP contribution is -2.38. The van der Waals surface area contributed by atoms with Gasteiger partial charge in [0.25, 0.3) is 0 Å². The molecule has 1 aromatic heterocycles. The molecule has 6 nitrogen and oxygen atoms in total. The van der Waals surface area contributed by atoms with E-state index < -0.39 is 5.97 Å². The lowest BCUT2D eigenvalue weighted by Gasteiger charge is -2.33. The topological polar surface area (TPSA) is 82.9 Å². The predicted molar refractivity (Wildman–Crippen MR) is 78.8 cm³/mol. The number of pyridine rings is 1. The molecule has 2 heterocycles. The quantitative estimate of drug-likeness (QED) is 0.823. The van der Waals surface area contributed by atoms with Crippen LogP contribution < -0.4 is 4.90 Å². The fourth-order valence-corrected chi connectivity index (χ4v) is 2.51. The minimum Gasteiger partial charge on any atom is -0.478 e. The van der Waals surface area contributed by atoms with Gasteiger partial charge in [-0.1, -0.05) is 6.92 Å². The zero-order valence-corrected chi connectivity index (χ0v) is 12.3. The van der Waals surface area contributed by atoms with Crippen LogP contribution in [0.4, 0.5) is 5.82 Å². The first-order valence-corrected chi connectivity index (χ1v) is 7.35. The van der Waals surface area contributed by atoms with Crippen LogP contribution in [-0.4, -0.2) is 53.6 Å². The van der Waals surface area contributed by atoms with Crippen LogP contribution in [0.15, 0.2) is 12.1 Å². The summed E-state index contributed by atoms with van der Waals surface area (Å²) >= 11 is 0. The highest BCUT2D eigenvalue weighted by atomic mass is 16.5. The van der Waals surface area contributed by atoms with Gasteiger partial charge in [0, 0.05) is 18.8 Å². The van der Waals surface area contributed by atoms with E-state index in [1.54, 1.807) is 12.1 Å². The van der Waals surface area contributed by atoms with E-state index in [1.807, 2.05) is 6.92 Å². The van der Waals surface area contributed by atoms with Crippen molar-refractivity contribution in [1.82, 2.24) is 4.98 Å². The zero-order valence-electron chi connectivity index (χ0n) is 12.3. The molecule has 1 aromatic rings. The summed E-state index contributed by atoms with van der Waals surface area (Å²) in [7, 11) is 0. The van der Waals surface area contributed by atoms with E-state index in [2.05, 4.69) is 9.88 Å². The van der Waals surface area contributed by atoms with Crippen LogP contribution in [-0.2, 0) is 11.2 Å². The van der Waals surface area contributed by atoms with Gasteiger partial charge >= 0.3 is 5.97 Å². The fraction of sp³-hybridized carbons (Fsp3) is 0.600. The van der Waals surface area contributed by atoms with Crippen LogP contribution in [0.3, 0.4) is 0 Å².